The van der Waals surface area contributed by atoms with Gasteiger partial charge in [0.05, 0.1) is 6.54 Å². The molecule has 2 fully saturated rings. The molecular formula is C20H23NO3. The van der Waals surface area contributed by atoms with E-state index in [1.807, 2.05) is 6.07 Å². The first kappa shape index (κ1) is 15.5. The molecule has 4 heteroatoms. The number of aromatic carboxylic acids is 1. The first-order valence-electron chi connectivity index (χ1n) is 8.67. The van der Waals surface area contributed by atoms with Crippen molar-refractivity contribution in [3.8, 4) is 0 Å². The van der Waals surface area contributed by atoms with Crippen LogP contribution in [0.2, 0.25) is 0 Å². The predicted octanol–water partition coefficient (Wildman–Crippen LogP) is 4.06. The minimum Gasteiger partial charge on any atom is -0.475 e. The Morgan fingerprint density at radius 2 is 2.08 bits per heavy atom. The molecule has 24 heavy (non-hydrogen) atoms. The Kier molecular flexibility index (Phi) is 3.72. The highest BCUT2D eigenvalue weighted by molar-refractivity contribution is 5.86. The van der Waals surface area contributed by atoms with Crippen LogP contribution in [-0.4, -0.2) is 29.1 Å². The topological polar surface area (TPSA) is 53.7 Å². The third kappa shape index (κ3) is 2.55. The molecule has 1 saturated heterocycles. The largest absolute Gasteiger partial charge is 0.475 e. The standard InChI is InChI=1S/C20H23NO3/c1-14-10-16(24-18(14)19(22)23)11-21-12-17(15-6-3-2-4-7-15)20(13-21)8-5-9-20/h2-4,6-7,10,17H,5,8-9,11-13H2,1H3,(H,22,23). The van der Waals surface area contributed by atoms with Gasteiger partial charge in [0.1, 0.15) is 5.76 Å². The monoisotopic (exact) mass is 325 g/mol. The summed E-state index contributed by atoms with van der Waals surface area (Å²) in [4.78, 5) is 13.6. The van der Waals surface area contributed by atoms with Crippen molar-refractivity contribution in [3.63, 3.8) is 0 Å². The summed E-state index contributed by atoms with van der Waals surface area (Å²) >= 11 is 0. The van der Waals surface area contributed by atoms with Crippen LogP contribution in [0, 0.1) is 12.3 Å². The van der Waals surface area contributed by atoms with E-state index in [1.54, 1.807) is 6.92 Å². The normalized spacial score (nSPS) is 22.6. The van der Waals surface area contributed by atoms with Gasteiger partial charge in [-0.3, -0.25) is 4.90 Å². The van der Waals surface area contributed by atoms with Crippen molar-refractivity contribution in [2.45, 2.75) is 38.6 Å². The van der Waals surface area contributed by atoms with Crippen LogP contribution in [0.5, 0.6) is 0 Å². The highest BCUT2D eigenvalue weighted by Gasteiger charge is 2.50. The van der Waals surface area contributed by atoms with Crippen LogP contribution < -0.4 is 0 Å². The SMILES string of the molecule is Cc1cc(CN2CC(c3ccccc3)C3(CCC3)C2)oc1C(=O)O. The summed E-state index contributed by atoms with van der Waals surface area (Å²) in [7, 11) is 0. The van der Waals surface area contributed by atoms with Gasteiger partial charge in [-0.15, -0.1) is 0 Å². The lowest BCUT2D eigenvalue weighted by atomic mass is 9.61. The van der Waals surface area contributed by atoms with Gasteiger partial charge in [0.2, 0.25) is 5.76 Å². The van der Waals surface area contributed by atoms with Gasteiger partial charge in [0.15, 0.2) is 0 Å². The number of carbonyl (C=O) groups is 1. The molecule has 2 heterocycles. The highest BCUT2D eigenvalue weighted by atomic mass is 16.4. The second-order valence-electron chi connectivity index (χ2n) is 7.38. The molecule has 4 rings (SSSR count). The van der Waals surface area contributed by atoms with Crippen LogP contribution >= 0.6 is 0 Å². The zero-order valence-corrected chi connectivity index (χ0v) is 14.0. The lowest BCUT2D eigenvalue weighted by molar-refractivity contribution is 0.0656. The van der Waals surface area contributed by atoms with Crippen molar-refractivity contribution in [2.24, 2.45) is 5.41 Å². The van der Waals surface area contributed by atoms with Crippen LogP contribution in [0.1, 0.15) is 52.6 Å². The van der Waals surface area contributed by atoms with Crippen molar-refractivity contribution in [2.75, 3.05) is 13.1 Å². The van der Waals surface area contributed by atoms with Gasteiger partial charge in [-0.05, 0) is 36.8 Å². The number of benzene rings is 1. The average Bonchev–Trinajstić information content (AvgIpc) is 3.09. The molecule has 4 nitrogen and oxygen atoms in total. The molecule has 0 amide bonds. The molecule has 1 N–H and O–H groups in total. The Hall–Kier alpha value is -2.07. The van der Waals surface area contributed by atoms with Gasteiger partial charge in [-0.1, -0.05) is 36.8 Å². The Morgan fingerprint density at radius 1 is 1.33 bits per heavy atom. The van der Waals surface area contributed by atoms with Crippen molar-refractivity contribution < 1.29 is 14.3 Å². The van der Waals surface area contributed by atoms with E-state index in [0.717, 1.165) is 18.8 Å². The number of hydrogen-bond donors (Lipinski definition) is 1. The third-order valence-corrected chi connectivity index (χ3v) is 5.81. The van der Waals surface area contributed by atoms with E-state index in [9.17, 15) is 4.79 Å². The van der Waals surface area contributed by atoms with Crippen molar-refractivity contribution in [1.29, 1.82) is 0 Å². The smallest absolute Gasteiger partial charge is 0.372 e. The predicted molar refractivity (Wildman–Crippen MR) is 91.1 cm³/mol. The number of nitrogens with zero attached hydrogens (tertiary/aromatic N) is 1. The molecule has 0 radical (unpaired) electrons. The van der Waals surface area contributed by atoms with Crippen molar-refractivity contribution in [1.82, 2.24) is 4.90 Å². The zero-order chi connectivity index (χ0) is 16.7. The molecule has 1 atom stereocenters. The van der Waals surface area contributed by atoms with Crippen LogP contribution in [0.3, 0.4) is 0 Å². The van der Waals surface area contributed by atoms with E-state index in [-0.39, 0.29) is 5.76 Å². The van der Waals surface area contributed by atoms with Crippen molar-refractivity contribution >= 4 is 5.97 Å². The lowest BCUT2D eigenvalue weighted by Crippen LogP contribution is -2.36. The van der Waals surface area contributed by atoms with E-state index in [4.69, 9.17) is 9.52 Å². The minimum atomic E-state index is -0.988. The second-order valence-corrected chi connectivity index (χ2v) is 7.38. The van der Waals surface area contributed by atoms with E-state index < -0.39 is 5.97 Å². The summed E-state index contributed by atoms with van der Waals surface area (Å²) in [6, 6.07) is 12.7. The average molecular weight is 325 g/mol. The van der Waals surface area contributed by atoms with Crippen molar-refractivity contribution in [3.05, 3.63) is 59.0 Å². The highest BCUT2D eigenvalue weighted by Crippen LogP contribution is 2.55. The minimum absolute atomic E-state index is 0.0714. The molecule has 1 aliphatic carbocycles. The summed E-state index contributed by atoms with van der Waals surface area (Å²) < 4.78 is 5.56. The fourth-order valence-electron chi connectivity index (χ4n) is 4.53. The molecule has 1 aromatic heterocycles. The fourth-order valence-corrected chi connectivity index (χ4v) is 4.53. The molecule has 1 aliphatic heterocycles. The van der Waals surface area contributed by atoms with Gasteiger partial charge in [-0.2, -0.15) is 0 Å². The maximum atomic E-state index is 11.2. The summed E-state index contributed by atoms with van der Waals surface area (Å²) in [6.07, 6.45) is 3.90. The zero-order valence-electron chi connectivity index (χ0n) is 14.0. The van der Waals surface area contributed by atoms with Crippen LogP contribution in [0.25, 0.3) is 0 Å². The summed E-state index contributed by atoms with van der Waals surface area (Å²) in [6.45, 7) is 4.58. The van der Waals surface area contributed by atoms with Gasteiger partial charge >= 0.3 is 5.97 Å². The summed E-state index contributed by atoms with van der Waals surface area (Å²) in [5.41, 5.74) is 2.54. The molecule has 0 bridgehead atoms. The van der Waals surface area contributed by atoms with Gasteiger partial charge in [-0.25, -0.2) is 4.79 Å². The number of hydrogen-bond acceptors (Lipinski definition) is 3. The van der Waals surface area contributed by atoms with E-state index in [1.165, 1.54) is 24.8 Å². The Balaban J connectivity index is 1.54. The van der Waals surface area contributed by atoms with E-state index in [2.05, 4.69) is 35.2 Å². The number of furan rings is 1. The maximum Gasteiger partial charge on any atom is 0.372 e. The maximum absolute atomic E-state index is 11.2. The second kappa shape index (κ2) is 5.78. The van der Waals surface area contributed by atoms with Gasteiger partial charge in [0.25, 0.3) is 0 Å². The molecule has 2 aromatic rings. The summed E-state index contributed by atoms with van der Waals surface area (Å²) in [5.74, 6) is 0.412. The molecule has 126 valence electrons. The van der Waals surface area contributed by atoms with Crippen LogP contribution in [0.15, 0.2) is 40.8 Å². The third-order valence-electron chi connectivity index (χ3n) is 5.81. The number of aryl methyl sites for hydroxylation is 1. The molecule has 1 saturated carbocycles. The number of rotatable bonds is 4. The number of carboxylic acids is 1. The fraction of sp³-hybridized carbons (Fsp3) is 0.450. The molecule has 1 unspecified atom stereocenters. The first-order valence-corrected chi connectivity index (χ1v) is 8.67. The molecular weight excluding hydrogens is 302 g/mol. The first-order chi connectivity index (χ1) is 11.6. The van der Waals surface area contributed by atoms with Crippen LogP contribution in [0.4, 0.5) is 0 Å². The molecule has 2 aliphatic rings. The Morgan fingerprint density at radius 3 is 2.67 bits per heavy atom. The van der Waals surface area contributed by atoms with E-state index in [0.29, 0.717) is 23.4 Å². The summed E-state index contributed by atoms with van der Waals surface area (Å²) in [5, 5.41) is 9.15. The number of likely N-dealkylation sites (tertiary alicyclic amines) is 1. The Bertz CT molecular complexity index is 745. The van der Waals surface area contributed by atoms with Crippen LogP contribution in [-0.2, 0) is 6.54 Å². The lowest BCUT2D eigenvalue weighted by Gasteiger charge is -2.43. The van der Waals surface area contributed by atoms with Gasteiger partial charge in [0, 0.05) is 24.6 Å². The molecule has 1 spiro atoms. The molecule has 1 aromatic carbocycles. The number of carboxylic acid groups (broad SMARTS) is 1. The Labute approximate surface area is 142 Å². The van der Waals surface area contributed by atoms with Gasteiger partial charge < -0.3 is 9.52 Å². The van der Waals surface area contributed by atoms with E-state index >= 15 is 0 Å². The quantitative estimate of drug-likeness (QED) is 0.921.